The zero-order valence-electron chi connectivity index (χ0n) is 29.5. The monoisotopic (exact) mass is 718 g/mol. The van der Waals surface area contributed by atoms with Crippen molar-refractivity contribution in [1.29, 1.82) is 0 Å². The van der Waals surface area contributed by atoms with E-state index in [2.05, 4.69) is 38.2 Å². The lowest BCUT2D eigenvalue weighted by Gasteiger charge is -2.39. The molecule has 3 aromatic carbocycles. The molecule has 3 aliphatic heterocycles. The Hall–Kier alpha value is -3.70. The minimum absolute atomic E-state index is 0.0737. The van der Waals surface area contributed by atoms with Gasteiger partial charge in [-0.3, -0.25) is 14.4 Å². The van der Waals surface area contributed by atoms with Crippen molar-refractivity contribution in [2.45, 2.75) is 82.0 Å². The minimum Gasteiger partial charge on any atom is -0.497 e. The molecule has 9 nitrogen and oxygen atoms in total. The molecule has 1 N–H and O–H groups in total. The van der Waals surface area contributed by atoms with E-state index in [0.29, 0.717) is 37.4 Å². The van der Waals surface area contributed by atoms with Gasteiger partial charge in [0, 0.05) is 36.0 Å². The van der Waals surface area contributed by atoms with E-state index in [1.54, 1.807) is 23.0 Å². The van der Waals surface area contributed by atoms with Gasteiger partial charge in [-0.25, -0.2) is 0 Å². The van der Waals surface area contributed by atoms with Gasteiger partial charge in [0.15, 0.2) is 5.60 Å². The summed E-state index contributed by atoms with van der Waals surface area (Å²) < 4.78 is 17.4. The summed E-state index contributed by atoms with van der Waals surface area (Å²) in [6, 6.07) is 21.3. The second-order valence-corrected chi connectivity index (χ2v) is 19.5. The second kappa shape index (κ2) is 14.5. The molecule has 6 rings (SSSR count). The SMILES string of the molecule is COC(=O)CCCCN1C(=O)[C@]2(O[C@H](CC(=O)N3Cc4ccccc4C[C@H]3CO)[C@@H]([Si](C)(C)c3ccc(OC)cc3)[C@@H]2C)c2cc(Cl)ccc21. The van der Waals surface area contributed by atoms with Gasteiger partial charge in [-0.1, -0.05) is 73.2 Å². The molecule has 3 aromatic rings. The van der Waals surface area contributed by atoms with E-state index in [0.717, 1.165) is 28.1 Å². The van der Waals surface area contributed by atoms with Crippen LogP contribution in [-0.4, -0.2) is 75.4 Å². The summed E-state index contributed by atoms with van der Waals surface area (Å²) in [5, 5.41) is 12.1. The first kappa shape index (κ1) is 36.1. The van der Waals surface area contributed by atoms with Gasteiger partial charge in [0.2, 0.25) is 5.91 Å². The Morgan fingerprint density at radius 1 is 1.04 bits per heavy atom. The van der Waals surface area contributed by atoms with Gasteiger partial charge in [-0.05, 0) is 66.3 Å². The Morgan fingerprint density at radius 2 is 1.76 bits per heavy atom. The van der Waals surface area contributed by atoms with E-state index >= 15 is 0 Å². The average Bonchev–Trinajstić information content (AvgIpc) is 3.54. The molecular formula is C39H47ClN2O7Si. The Labute approximate surface area is 300 Å². The highest BCUT2D eigenvalue weighted by molar-refractivity contribution is 6.91. The van der Waals surface area contributed by atoms with Crippen LogP contribution in [0.15, 0.2) is 66.7 Å². The number of benzene rings is 3. The van der Waals surface area contributed by atoms with Crippen LogP contribution < -0.4 is 14.8 Å². The quantitative estimate of drug-likeness (QED) is 0.157. The minimum atomic E-state index is -2.49. The Morgan fingerprint density at radius 3 is 2.44 bits per heavy atom. The molecule has 1 spiro atoms. The third-order valence-corrected chi connectivity index (χ3v) is 15.9. The first-order chi connectivity index (χ1) is 24.0. The van der Waals surface area contributed by atoms with E-state index in [1.807, 2.05) is 42.5 Å². The van der Waals surface area contributed by atoms with Crippen molar-refractivity contribution in [2.24, 2.45) is 5.92 Å². The highest BCUT2D eigenvalue weighted by Gasteiger charge is 2.66. The molecule has 1 saturated heterocycles. The maximum absolute atomic E-state index is 14.9. The summed E-state index contributed by atoms with van der Waals surface area (Å²) in [4.78, 5) is 44.7. The molecule has 50 heavy (non-hydrogen) atoms. The number of esters is 1. The number of nitrogens with zero attached hydrogens (tertiary/aromatic N) is 2. The second-order valence-electron chi connectivity index (χ2n) is 14.3. The van der Waals surface area contributed by atoms with Gasteiger partial charge in [0.25, 0.3) is 5.91 Å². The standard InChI is InChI=1S/C39H47ClN2O7Si/c1-25-37(50(4,5)31-16-14-30(47-2)15-17-31)34(22-35(44)42-23-27-11-7-6-10-26(27)20-29(42)24-43)49-39(25)32-21-28(40)13-18-33(32)41(38(39)46)19-9-8-12-36(45)48-3/h6-7,10-11,13-18,21,25,29,34,37,43H,8-9,12,19-20,22-24H2,1-5H3/t25-,29-,34+,37-,39+/m0/s1. The highest BCUT2D eigenvalue weighted by Crippen LogP contribution is 2.60. The first-order valence-electron chi connectivity index (χ1n) is 17.4. The lowest BCUT2D eigenvalue weighted by atomic mass is 9.82. The van der Waals surface area contributed by atoms with Crippen molar-refractivity contribution in [1.82, 2.24) is 4.90 Å². The fraction of sp³-hybridized carbons (Fsp3) is 0.462. The number of carbonyl (C=O) groups excluding carboxylic acids is 3. The molecule has 0 unspecified atom stereocenters. The van der Waals surface area contributed by atoms with Crippen molar-refractivity contribution < 1.29 is 33.7 Å². The first-order valence-corrected chi connectivity index (χ1v) is 20.9. The number of rotatable bonds is 11. The summed E-state index contributed by atoms with van der Waals surface area (Å²) in [5.41, 5.74) is 2.19. The summed E-state index contributed by atoms with van der Waals surface area (Å²) in [6.07, 6.45) is 1.52. The molecule has 11 heteroatoms. The molecule has 5 atom stereocenters. The number of aliphatic hydroxyl groups excluding tert-OH is 1. The highest BCUT2D eigenvalue weighted by atomic mass is 35.5. The van der Waals surface area contributed by atoms with E-state index in [9.17, 15) is 19.5 Å². The van der Waals surface area contributed by atoms with Crippen molar-refractivity contribution >= 4 is 48.3 Å². The van der Waals surface area contributed by atoms with Crippen LogP contribution in [0, 0.1) is 5.92 Å². The van der Waals surface area contributed by atoms with Gasteiger partial charge in [0.05, 0.1) is 53.2 Å². The molecule has 3 aliphatic rings. The van der Waals surface area contributed by atoms with Crippen molar-refractivity contribution in [3.05, 3.63) is 88.4 Å². The average molecular weight is 719 g/mol. The zero-order valence-corrected chi connectivity index (χ0v) is 31.2. The molecule has 2 amide bonds. The number of amides is 2. The lowest BCUT2D eigenvalue weighted by Crippen LogP contribution is -2.52. The zero-order chi connectivity index (χ0) is 35.8. The van der Waals surface area contributed by atoms with Crippen LogP contribution in [0.25, 0.3) is 0 Å². The van der Waals surface area contributed by atoms with Crippen molar-refractivity contribution in [3.63, 3.8) is 0 Å². The van der Waals surface area contributed by atoms with E-state index < -0.39 is 19.8 Å². The number of methoxy groups -OCH3 is 2. The van der Waals surface area contributed by atoms with E-state index in [4.69, 9.17) is 25.8 Å². The maximum Gasteiger partial charge on any atom is 0.305 e. The summed E-state index contributed by atoms with van der Waals surface area (Å²) in [5.74, 6) is -0.0931. The normalized spacial score (nSPS) is 24.3. The number of halogens is 1. The number of hydrogen-bond donors (Lipinski definition) is 1. The molecule has 0 saturated carbocycles. The number of ether oxygens (including phenoxy) is 3. The molecular weight excluding hydrogens is 672 g/mol. The van der Waals surface area contributed by atoms with E-state index in [1.165, 1.54) is 12.3 Å². The number of hydrogen-bond acceptors (Lipinski definition) is 7. The Balaban J connectivity index is 1.38. The van der Waals surface area contributed by atoms with Crippen LogP contribution in [0.4, 0.5) is 5.69 Å². The number of unbranched alkanes of at least 4 members (excludes halogenated alkanes) is 1. The number of anilines is 1. The van der Waals surface area contributed by atoms with Gasteiger partial charge in [-0.2, -0.15) is 0 Å². The van der Waals surface area contributed by atoms with Crippen LogP contribution >= 0.6 is 11.6 Å². The summed E-state index contributed by atoms with van der Waals surface area (Å²) >= 11 is 6.63. The van der Waals surface area contributed by atoms with Crippen LogP contribution in [0.3, 0.4) is 0 Å². The Kier molecular flexibility index (Phi) is 10.5. The summed E-state index contributed by atoms with van der Waals surface area (Å²) in [6.45, 7) is 7.33. The largest absolute Gasteiger partial charge is 0.497 e. The fourth-order valence-corrected chi connectivity index (χ4v) is 12.9. The molecule has 266 valence electrons. The fourth-order valence-electron chi connectivity index (χ4n) is 8.68. The predicted octanol–water partition coefficient (Wildman–Crippen LogP) is 5.59. The van der Waals surface area contributed by atoms with E-state index in [-0.39, 0.29) is 54.7 Å². The number of fused-ring (bicyclic) bond motifs is 3. The van der Waals surface area contributed by atoms with Crippen molar-refractivity contribution in [3.8, 4) is 5.75 Å². The lowest BCUT2D eigenvalue weighted by molar-refractivity contribution is -0.151. The third-order valence-electron chi connectivity index (χ3n) is 11.3. The third kappa shape index (κ3) is 6.36. The molecule has 0 bridgehead atoms. The number of aliphatic hydroxyl groups is 1. The van der Waals surface area contributed by atoms with Crippen molar-refractivity contribution in [2.75, 3.05) is 32.3 Å². The van der Waals surface area contributed by atoms with Crippen LogP contribution in [-0.2, 0) is 42.4 Å². The molecule has 1 fully saturated rings. The Bertz CT molecular complexity index is 1750. The smallest absolute Gasteiger partial charge is 0.305 e. The molecule has 3 heterocycles. The maximum atomic E-state index is 14.9. The predicted molar refractivity (Wildman–Crippen MR) is 195 cm³/mol. The summed E-state index contributed by atoms with van der Waals surface area (Å²) in [7, 11) is 0.524. The van der Waals surface area contributed by atoms with Gasteiger partial charge >= 0.3 is 5.97 Å². The van der Waals surface area contributed by atoms with Crippen LogP contribution in [0.5, 0.6) is 5.75 Å². The molecule has 0 radical (unpaired) electrons. The number of carbonyl (C=O) groups is 3. The van der Waals surface area contributed by atoms with Crippen LogP contribution in [0.1, 0.15) is 49.3 Å². The molecule has 0 aromatic heterocycles. The topological polar surface area (TPSA) is 106 Å². The van der Waals surface area contributed by atoms with Gasteiger partial charge < -0.3 is 29.1 Å². The van der Waals surface area contributed by atoms with Gasteiger partial charge in [-0.15, -0.1) is 0 Å². The molecule has 0 aliphatic carbocycles. The van der Waals surface area contributed by atoms with Gasteiger partial charge in [0.1, 0.15) is 5.75 Å². The van der Waals surface area contributed by atoms with Crippen LogP contribution in [0.2, 0.25) is 23.7 Å².